The molecular formula is C9H17N. The molecule has 0 saturated carbocycles. The predicted molar refractivity (Wildman–Crippen MR) is 45.8 cm³/mol. The van der Waals surface area contributed by atoms with Gasteiger partial charge >= 0.3 is 0 Å². The highest BCUT2D eigenvalue weighted by atomic mass is 15.1. The van der Waals surface area contributed by atoms with Crippen LogP contribution >= 0.6 is 0 Å². The Hall–Kier alpha value is -0.480. The van der Waals surface area contributed by atoms with Gasteiger partial charge in [0.15, 0.2) is 0 Å². The summed E-state index contributed by atoms with van der Waals surface area (Å²) >= 11 is 0. The molecule has 0 radical (unpaired) electrons. The highest BCUT2D eigenvalue weighted by Gasteiger charge is 2.17. The van der Waals surface area contributed by atoms with Gasteiger partial charge in [-0.15, -0.1) is 6.42 Å². The van der Waals surface area contributed by atoms with Gasteiger partial charge in [0.1, 0.15) is 0 Å². The molecular weight excluding hydrogens is 122 g/mol. The van der Waals surface area contributed by atoms with Crippen LogP contribution in [-0.2, 0) is 0 Å². The van der Waals surface area contributed by atoms with E-state index in [-0.39, 0.29) is 0 Å². The first-order valence-corrected chi connectivity index (χ1v) is 4.01. The molecule has 0 aliphatic carbocycles. The Morgan fingerprint density at radius 2 is 2.10 bits per heavy atom. The molecule has 0 aromatic heterocycles. The summed E-state index contributed by atoms with van der Waals surface area (Å²) in [6.45, 7) is 5.18. The van der Waals surface area contributed by atoms with E-state index in [4.69, 9.17) is 6.42 Å². The molecule has 0 spiro atoms. The second kappa shape index (κ2) is 5.32. The van der Waals surface area contributed by atoms with Crippen LogP contribution in [-0.4, -0.2) is 24.5 Å². The Morgan fingerprint density at radius 3 is 2.30 bits per heavy atom. The molecule has 1 rings (SSSR count). The summed E-state index contributed by atoms with van der Waals surface area (Å²) in [4.78, 5) is 2.22. The third-order valence-corrected chi connectivity index (χ3v) is 1.71. The molecule has 1 unspecified atom stereocenters. The summed E-state index contributed by atoms with van der Waals surface area (Å²) in [5.74, 6) is 2.74. The zero-order valence-corrected chi connectivity index (χ0v) is 7.22. The fourth-order valence-electron chi connectivity index (χ4n) is 1.12. The van der Waals surface area contributed by atoms with Gasteiger partial charge in [0, 0.05) is 0 Å². The highest BCUT2D eigenvalue weighted by Crippen LogP contribution is 2.12. The minimum Gasteiger partial charge on any atom is -0.293 e. The first kappa shape index (κ1) is 9.52. The van der Waals surface area contributed by atoms with E-state index in [0.29, 0.717) is 6.04 Å². The first-order valence-electron chi connectivity index (χ1n) is 4.01. The van der Waals surface area contributed by atoms with Crippen LogP contribution in [0.5, 0.6) is 0 Å². The summed E-state index contributed by atoms with van der Waals surface area (Å²) in [7, 11) is 2.08. The molecule has 0 N–H and O–H groups in total. The topological polar surface area (TPSA) is 3.24 Å². The fourth-order valence-corrected chi connectivity index (χ4v) is 1.12. The zero-order valence-electron chi connectivity index (χ0n) is 7.22. The van der Waals surface area contributed by atoms with Gasteiger partial charge in [0.25, 0.3) is 0 Å². The molecule has 0 amide bonds. The smallest absolute Gasteiger partial charge is 0.0709 e. The number of likely N-dealkylation sites (tertiary alicyclic amines) is 1. The lowest BCUT2D eigenvalue weighted by atomic mass is 10.2. The third-order valence-electron chi connectivity index (χ3n) is 1.71. The van der Waals surface area contributed by atoms with Gasteiger partial charge in [-0.3, -0.25) is 4.90 Å². The normalized spacial score (nSPS) is 24.8. The van der Waals surface area contributed by atoms with Gasteiger partial charge in [0.2, 0.25) is 0 Å². The van der Waals surface area contributed by atoms with Crippen molar-refractivity contribution in [2.75, 3.05) is 13.6 Å². The summed E-state index contributed by atoms with van der Waals surface area (Å²) in [5.41, 5.74) is 0. The number of nitrogens with zero attached hydrogens (tertiary/aromatic N) is 1. The number of terminal acetylenes is 1. The summed E-state index contributed by atoms with van der Waals surface area (Å²) < 4.78 is 0. The number of hydrogen-bond acceptors (Lipinski definition) is 1. The van der Waals surface area contributed by atoms with Crippen molar-refractivity contribution < 1.29 is 0 Å². The van der Waals surface area contributed by atoms with Crippen molar-refractivity contribution in [2.45, 2.75) is 32.7 Å². The van der Waals surface area contributed by atoms with Crippen LogP contribution < -0.4 is 0 Å². The van der Waals surface area contributed by atoms with Crippen LogP contribution in [0, 0.1) is 12.3 Å². The summed E-state index contributed by atoms with van der Waals surface area (Å²) in [6.07, 6.45) is 7.69. The molecule has 10 heavy (non-hydrogen) atoms. The molecule has 58 valence electrons. The second-order valence-electron chi connectivity index (χ2n) is 2.31. The molecule has 1 saturated heterocycles. The van der Waals surface area contributed by atoms with Crippen molar-refractivity contribution in [3.63, 3.8) is 0 Å². The Labute approximate surface area is 64.4 Å². The number of rotatable bonds is 0. The van der Waals surface area contributed by atoms with E-state index in [2.05, 4.69) is 17.9 Å². The van der Waals surface area contributed by atoms with Crippen molar-refractivity contribution in [3.05, 3.63) is 0 Å². The molecule has 1 atom stereocenters. The largest absolute Gasteiger partial charge is 0.293 e. The SMILES string of the molecule is C#CC1CCCN1C.CC. The lowest BCUT2D eigenvalue weighted by Crippen LogP contribution is -2.22. The van der Waals surface area contributed by atoms with Gasteiger partial charge in [-0.05, 0) is 26.4 Å². The lowest BCUT2D eigenvalue weighted by molar-refractivity contribution is 0.366. The Balaban J connectivity index is 0.000000371. The molecule has 1 aliphatic heterocycles. The van der Waals surface area contributed by atoms with E-state index in [9.17, 15) is 0 Å². The quantitative estimate of drug-likeness (QED) is 0.462. The van der Waals surface area contributed by atoms with Crippen LogP contribution in [0.2, 0.25) is 0 Å². The van der Waals surface area contributed by atoms with Crippen molar-refractivity contribution in [2.24, 2.45) is 0 Å². The average Bonchev–Trinajstić information content (AvgIpc) is 2.39. The Morgan fingerprint density at radius 1 is 1.50 bits per heavy atom. The Bertz CT molecular complexity index is 112. The average molecular weight is 139 g/mol. The van der Waals surface area contributed by atoms with Gasteiger partial charge in [0.05, 0.1) is 6.04 Å². The van der Waals surface area contributed by atoms with Crippen LogP contribution in [0.25, 0.3) is 0 Å². The first-order chi connectivity index (χ1) is 4.84. The van der Waals surface area contributed by atoms with Crippen LogP contribution in [0.1, 0.15) is 26.7 Å². The van der Waals surface area contributed by atoms with Crippen LogP contribution in [0.3, 0.4) is 0 Å². The maximum absolute atomic E-state index is 5.23. The standard InChI is InChI=1S/C7H11N.C2H6/c1-3-7-5-4-6-8(7)2;1-2/h1,7H,4-6H2,2H3;1-2H3. The molecule has 0 aromatic rings. The number of hydrogen-bond donors (Lipinski definition) is 0. The van der Waals surface area contributed by atoms with Gasteiger partial charge < -0.3 is 0 Å². The zero-order chi connectivity index (χ0) is 7.98. The van der Waals surface area contributed by atoms with Crippen LogP contribution in [0.15, 0.2) is 0 Å². The van der Waals surface area contributed by atoms with Crippen molar-refractivity contribution in [1.29, 1.82) is 0 Å². The molecule has 1 heteroatoms. The van der Waals surface area contributed by atoms with E-state index < -0.39 is 0 Å². The summed E-state index contributed by atoms with van der Waals surface area (Å²) in [5, 5.41) is 0. The molecule has 0 bridgehead atoms. The maximum Gasteiger partial charge on any atom is 0.0709 e. The fraction of sp³-hybridized carbons (Fsp3) is 0.778. The van der Waals surface area contributed by atoms with Crippen molar-refractivity contribution >= 4 is 0 Å². The highest BCUT2D eigenvalue weighted by molar-refractivity contribution is 5.01. The minimum absolute atomic E-state index is 0.426. The Kier molecular flexibility index (Phi) is 5.06. The summed E-state index contributed by atoms with van der Waals surface area (Å²) in [6, 6.07) is 0.426. The molecule has 1 fully saturated rings. The van der Waals surface area contributed by atoms with Gasteiger partial charge in [-0.25, -0.2) is 0 Å². The van der Waals surface area contributed by atoms with Gasteiger partial charge in [-0.2, -0.15) is 0 Å². The van der Waals surface area contributed by atoms with E-state index in [1.807, 2.05) is 13.8 Å². The molecule has 1 heterocycles. The van der Waals surface area contributed by atoms with E-state index in [0.717, 1.165) is 0 Å². The van der Waals surface area contributed by atoms with E-state index in [1.165, 1.54) is 19.4 Å². The van der Waals surface area contributed by atoms with Crippen molar-refractivity contribution in [3.8, 4) is 12.3 Å². The van der Waals surface area contributed by atoms with Crippen LogP contribution in [0.4, 0.5) is 0 Å². The third kappa shape index (κ3) is 2.41. The van der Waals surface area contributed by atoms with Crippen molar-refractivity contribution in [1.82, 2.24) is 4.90 Å². The molecule has 0 aromatic carbocycles. The maximum atomic E-state index is 5.23. The van der Waals surface area contributed by atoms with E-state index in [1.54, 1.807) is 0 Å². The lowest BCUT2D eigenvalue weighted by Gasteiger charge is -2.11. The molecule has 1 nitrogen and oxygen atoms in total. The monoisotopic (exact) mass is 139 g/mol. The predicted octanol–water partition coefficient (Wildman–Crippen LogP) is 1.74. The minimum atomic E-state index is 0.426. The molecule has 1 aliphatic rings. The van der Waals surface area contributed by atoms with E-state index >= 15 is 0 Å². The van der Waals surface area contributed by atoms with Gasteiger partial charge in [-0.1, -0.05) is 19.8 Å². The second-order valence-corrected chi connectivity index (χ2v) is 2.31.